The molecule has 25 heavy (non-hydrogen) atoms. The molecule has 0 aliphatic carbocycles. The lowest BCUT2D eigenvalue weighted by atomic mass is 9.97. The molecular weight excluding hydrogens is 429 g/mol. The number of halogens is 1. The van der Waals surface area contributed by atoms with Gasteiger partial charge in [-0.3, -0.25) is 9.78 Å². The highest BCUT2D eigenvalue weighted by atomic mass is 127. The van der Waals surface area contributed by atoms with Crippen LogP contribution in [0.5, 0.6) is 0 Å². The molecule has 0 spiro atoms. The van der Waals surface area contributed by atoms with Crippen LogP contribution >= 0.6 is 24.0 Å². The van der Waals surface area contributed by atoms with Crippen molar-refractivity contribution in [3.05, 3.63) is 24.5 Å². The SMILES string of the molecule is CCNC(=NCC(=O)Nc1cccnc1)N1CCC(CC(C)C)C1.I. The zero-order valence-corrected chi connectivity index (χ0v) is 17.7. The summed E-state index contributed by atoms with van der Waals surface area (Å²) in [5, 5.41) is 6.11. The van der Waals surface area contributed by atoms with Crippen molar-refractivity contribution in [2.75, 3.05) is 31.5 Å². The van der Waals surface area contributed by atoms with Crippen LogP contribution in [0, 0.1) is 11.8 Å². The lowest BCUT2D eigenvalue weighted by Crippen LogP contribution is -2.40. The molecule has 1 unspecified atom stereocenters. The average molecular weight is 459 g/mol. The Bertz CT molecular complexity index is 550. The van der Waals surface area contributed by atoms with Crippen LogP contribution in [0.3, 0.4) is 0 Å². The molecular formula is C18H30IN5O. The monoisotopic (exact) mass is 459 g/mol. The summed E-state index contributed by atoms with van der Waals surface area (Å²) in [7, 11) is 0. The van der Waals surface area contributed by atoms with Crippen molar-refractivity contribution in [3.8, 4) is 0 Å². The van der Waals surface area contributed by atoms with Crippen molar-refractivity contribution in [2.45, 2.75) is 33.6 Å². The number of pyridine rings is 1. The van der Waals surface area contributed by atoms with E-state index in [-0.39, 0.29) is 36.4 Å². The molecule has 6 nitrogen and oxygen atoms in total. The van der Waals surface area contributed by atoms with Crippen LogP contribution in [0.1, 0.15) is 33.6 Å². The standard InChI is InChI=1S/C18H29N5O.HI/c1-4-20-18(23-9-7-15(13-23)10-14(2)3)21-12-17(24)22-16-6-5-8-19-11-16;/h5-6,8,11,14-15H,4,7,9-10,12-13H2,1-3H3,(H,20,21)(H,22,24);1H. The number of likely N-dealkylation sites (tertiary alicyclic amines) is 1. The van der Waals surface area contributed by atoms with Gasteiger partial charge in [-0.1, -0.05) is 13.8 Å². The van der Waals surface area contributed by atoms with Crippen LogP contribution in [-0.4, -0.2) is 47.9 Å². The Labute approximate surface area is 167 Å². The van der Waals surface area contributed by atoms with E-state index in [1.165, 1.54) is 12.8 Å². The van der Waals surface area contributed by atoms with Gasteiger partial charge in [0.05, 0.1) is 11.9 Å². The summed E-state index contributed by atoms with van der Waals surface area (Å²) in [5.41, 5.74) is 0.695. The van der Waals surface area contributed by atoms with Gasteiger partial charge in [-0.15, -0.1) is 24.0 Å². The number of nitrogens with one attached hydrogen (secondary N) is 2. The van der Waals surface area contributed by atoms with Gasteiger partial charge in [-0.25, -0.2) is 4.99 Å². The first kappa shape index (κ1) is 21.7. The molecule has 2 heterocycles. The summed E-state index contributed by atoms with van der Waals surface area (Å²) >= 11 is 0. The van der Waals surface area contributed by atoms with E-state index in [1.807, 2.05) is 13.0 Å². The lowest BCUT2D eigenvalue weighted by Gasteiger charge is -2.22. The van der Waals surface area contributed by atoms with Crippen molar-refractivity contribution in [2.24, 2.45) is 16.8 Å². The number of anilines is 1. The molecule has 1 saturated heterocycles. The minimum absolute atomic E-state index is 0. The molecule has 1 aromatic rings. The number of aromatic nitrogens is 1. The second-order valence-electron chi connectivity index (χ2n) is 6.69. The summed E-state index contributed by atoms with van der Waals surface area (Å²) in [6.07, 6.45) is 5.75. The van der Waals surface area contributed by atoms with E-state index in [9.17, 15) is 4.79 Å². The van der Waals surface area contributed by atoms with Gasteiger partial charge in [-0.2, -0.15) is 0 Å². The Morgan fingerprint density at radius 2 is 2.28 bits per heavy atom. The second-order valence-corrected chi connectivity index (χ2v) is 6.69. The summed E-state index contributed by atoms with van der Waals surface area (Å²) in [4.78, 5) is 22.8. The molecule has 2 N–H and O–H groups in total. The zero-order valence-electron chi connectivity index (χ0n) is 15.4. The van der Waals surface area contributed by atoms with Crippen LogP contribution in [0.15, 0.2) is 29.5 Å². The fourth-order valence-corrected chi connectivity index (χ4v) is 3.09. The molecule has 2 rings (SSSR count). The first-order chi connectivity index (χ1) is 11.6. The van der Waals surface area contributed by atoms with Crippen LogP contribution < -0.4 is 10.6 Å². The van der Waals surface area contributed by atoms with Crippen molar-refractivity contribution in [3.63, 3.8) is 0 Å². The van der Waals surface area contributed by atoms with Crippen LogP contribution in [0.25, 0.3) is 0 Å². The number of carbonyl (C=O) groups excluding carboxylic acids is 1. The smallest absolute Gasteiger partial charge is 0.246 e. The molecule has 1 fully saturated rings. The fraction of sp³-hybridized carbons (Fsp3) is 0.611. The van der Waals surface area contributed by atoms with E-state index in [2.05, 4.69) is 39.4 Å². The number of nitrogens with zero attached hydrogens (tertiary/aromatic N) is 3. The summed E-state index contributed by atoms with van der Waals surface area (Å²) < 4.78 is 0. The maximum Gasteiger partial charge on any atom is 0.246 e. The molecule has 1 amide bonds. The van der Waals surface area contributed by atoms with Crippen LogP contribution in [0.4, 0.5) is 5.69 Å². The third-order valence-electron chi connectivity index (χ3n) is 4.04. The van der Waals surface area contributed by atoms with Gasteiger partial charge < -0.3 is 15.5 Å². The highest BCUT2D eigenvalue weighted by molar-refractivity contribution is 14.0. The van der Waals surface area contributed by atoms with Crippen molar-refractivity contribution in [1.82, 2.24) is 15.2 Å². The molecule has 140 valence electrons. The number of carbonyl (C=O) groups is 1. The molecule has 0 radical (unpaired) electrons. The quantitative estimate of drug-likeness (QED) is 0.390. The number of hydrogen-bond donors (Lipinski definition) is 2. The van der Waals surface area contributed by atoms with E-state index in [1.54, 1.807) is 18.5 Å². The second kappa shape index (κ2) is 11.3. The highest BCUT2D eigenvalue weighted by Crippen LogP contribution is 2.23. The van der Waals surface area contributed by atoms with E-state index in [0.717, 1.165) is 37.4 Å². The predicted molar refractivity (Wildman–Crippen MR) is 113 cm³/mol. The largest absolute Gasteiger partial charge is 0.357 e. The van der Waals surface area contributed by atoms with Crippen molar-refractivity contribution in [1.29, 1.82) is 0 Å². The summed E-state index contributed by atoms with van der Waals surface area (Å²) in [6.45, 7) is 9.53. The number of aliphatic imine (C=N–C) groups is 1. The predicted octanol–water partition coefficient (Wildman–Crippen LogP) is 2.97. The fourth-order valence-electron chi connectivity index (χ4n) is 3.09. The number of hydrogen-bond acceptors (Lipinski definition) is 3. The summed E-state index contributed by atoms with van der Waals surface area (Å²) in [6, 6.07) is 3.61. The first-order valence-corrected chi connectivity index (χ1v) is 8.81. The lowest BCUT2D eigenvalue weighted by molar-refractivity contribution is -0.114. The van der Waals surface area contributed by atoms with E-state index < -0.39 is 0 Å². The Morgan fingerprint density at radius 1 is 1.48 bits per heavy atom. The Hall–Kier alpha value is -1.38. The van der Waals surface area contributed by atoms with E-state index in [4.69, 9.17) is 0 Å². The Kier molecular flexibility index (Phi) is 9.77. The van der Waals surface area contributed by atoms with Gasteiger partial charge in [0.2, 0.25) is 5.91 Å². The topological polar surface area (TPSA) is 69.6 Å². The maximum atomic E-state index is 12.1. The number of amides is 1. The molecule has 0 saturated carbocycles. The van der Waals surface area contributed by atoms with E-state index >= 15 is 0 Å². The van der Waals surface area contributed by atoms with E-state index in [0.29, 0.717) is 5.69 Å². The first-order valence-electron chi connectivity index (χ1n) is 8.81. The molecule has 1 aromatic heterocycles. The van der Waals surface area contributed by atoms with Gasteiger partial charge in [0, 0.05) is 25.8 Å². The minimum atomic E-state index is -0.128. The molecule has 7 heteroatoms. The molecule has 1 aliphatic heterocycles. The third-order valence-corrected chi connectivity index (χ3v) is 4.04. The van der Waals surface area contributed by atoms with Crippen LogP contribution in [0.2, 0.25) is 0 Å². The average Bonchev–Trinajstić information content (AvgIpc) is 3.00. The van der Waals surface area contributed by atoms with Gasteiger partial charge in [-0.05, 0) is 43.7 Å². The summed E-state index contributed by atoms with van der Waals surface area (Å²) in [5.74, 6) is 2.15. The maximum absolute atomic E-state index is 12.1. The van der Waals surface area contributed by atoms with Gasteiger partial charge >= 0.3 is 0 Å². The molecule has 1 aliphatic rings. The van der Waals surface area contributed by atoms with Crippen molar-refractivity contribution < 1.29 is 4.79 Å². The highest BCUT2D eigenvalue weighted by Gasteiger charge is 2.25. The minimum Gasteiger partial charge on any atom is -0.357 e. The third kappa shape index (κ3) is 7.58. The van der Waals surface area contributed by atoms with Crippen molar-refractivity contribution >= 4 is 41.5 Å². The molecule has 0 bridgehead atoms. The van der Waals surface area contributed by atoms with Gasteiger partial charge in [0.1, 0.15) is 6.54 Å². The van der Waals surface area contributed by atoms with Crippen LogP contribution in [-0.2, 0) is 4.79 Å². The molecule has 0 aromatic carbocycles. The number of rotatable bonds is 6. The normalized spacial score (nSPS) is 17.4. The molecule has 1 atom stereocenters. The zero-order chi connectivity index (χ0) is 17.4. The Balaban J connectivity index is 0.00000312. The Morgan fingerprint density at radius 3 is 2.92 bits per heavy atom. The van der Waals surface area contributed by atoms with Gasteiger partial charge in [0.15, 0.2) is 5.96 Å². The number of guanidine groups is 1. The van der Waals surface area contributed by atoms with Gasteiger partial charge in [0.25, 0.3) is 0 Å².